The standard InChI is InChI=1S/C14H19BrN2O3S/c1-10-8-12(5-6-13(10)15)16-14(18)11-4-3-7-17(9-11)21(2,19)20/h5-6,8,11H,3-4,7,9H2,1-2H3,(H,16,18). The molecule has 1 aliphatic rings. The Labute approximate surface area is 133 Å². The second-order valence-corrected chi connectivity index (χ2v) is 8.25. The van der Waals surface area contributed by atoms with Gasteiger partial charge < -0.3 is 5.32 Å². The van der Waals surface area contributed by atoms with Crippen molar-refractivity contribution in [1.82, 2.24) is 4.31 Å². The molecular formula is C14H19BrN2O3S. The summed E-state index contributed by atoms with van der Waals surface area (Å²) in [5.41, 5.74) is 1.77. The number of amides is 1. The minimum atomic E-state index is -3.23. The number of halogens is 1. The average molecular weight is 375 g/mol. The summed E-state index contributed by atoms with van der Waals surface area (Å²) in [6, 6.07) is 5.60. The zero-order valence-electron chi connectivity index (χ0n) is 12.1. The molecule has 0 spiro atoms. The second-order valence-electron chi connectivity index (χ2n) is 5.41. The molecule has 1 aromatic rings. The van der Waals surface area contributed by atoms with Gasteiger partial charge in [0.05, 0.1) is 12.2 Å². The van der Waals surface area contributed by atoms with Crippen LogP contribution in [0.5, 0.6) is 0 Å². The molecule has 1 fully saturated rings. The first-order chi connectivity index (χ1) is 9.77. The smallest absolute Gasteiger partial charge is 0.228 e. The number of hydrogen-bond donors (Lipinski definition) is 1. The molecule has 1 atom stereocenters. The van der Waals surface area contributed by atoms with Crippen molar-refractivity contribution in [2.75, 3.05) is 24.7 Å². The molecule has 0 bridgehead atoms. The van der Waals surface area contributed by atoms with Gasteiger partial charge in [0.2, 0.25) is 15.9 Å². The molecule has 1 N–H and O–H groups in total. The van der Waals surface area contributed by atoms with E-state index in [9.17, 15) is 13.2 Å². The van der Waals surface area contributed by atoms with Crippen LogP contribution in [0.25, 0.3) is 0 Å². The van der Waals surface area contributed by atoms with Crippen LogP contribution in [0.1, 0.15) is 18.4 Å². The number of rotatable bonds is 3. The fourth-order valence-corrected chi connectivity index (χ4v) is 3.58. The van der Waals surface area contributed by atoms with E-state index in [1.54, 1.807) is 0 Å². The molecule has 0 radical (unpaired) electrons. The van der Waals surface area contributed by atoms with Crippen LogP contribution < -0.4 is 5.32 Å². The van der Waals surface area contributed by atoms with Gasteiger partial charge in [-0.25, -0.2) is 12.7 Å². The molecule has 1 amide bonds. The van der Waals surface area contributed by atoms with E-state index in [0.717, 1.165) is 15.7 Å². The zero-order valence-corrected chi connectivity index (χ0v) is 14.5. The molecule has 2 rings (SSSR count). The van der Waals surface area contributed by atoms with Crippen LogP contribution in [0.4, 0.5) is 5.69 Å². The maximum absolute atomic E-state index is 12.3. The Bertz CT molecular complexity index is 646. The van der Waals surface area contributed by atoms with E-state index in [0.29, 0.717) is 19.4 Å². The van der Waals surface area contributed by atoms with E-state index >= 15 is 0 Å². The lowest BCUT2D eigenvalue weighted by molar-refractivity contribution is -0.120. The lowest BCUT2D eigenvalue weighted by Gasteiger charge is -2.30. The van der Waals surface area contributed by atoms with Crippen molar-refractivity contribution in [3.05, 3.63) is 28.2 Å². The number of anilines is 1. The zero-order chi connectivity index (χ0) is 15.6. The Morgan fingerprint density at radius 1 is 1.43 bits per heavy atom. The number of sulfonamides is 1. The maximum atomic E-state index is 12.3. The summed E-state index contributed by atoms with van der Waals surface area (Å²) in [6.45, 7) is 2.71. The minimum Gasteiger partial charge on any atom is -0.326 e. The highest BCUT2D eigenvalue weighted by atomic mass is 79.9. The summed E-state index contributed by atoms with van der Waals surface area (Å²) >= 11 is 3.42. The van der Waals surface area contributed by atoms with Crippen molar-refractivity contribution in [2.24, 2.45) is 5.92 Å². The van der Waals surface area contributed by atoms with Gasteiger partial charge in [0.15, 0.2) is 0 Å². The predicted octanol–water partition coefficient (Wildman–Crippen LogP) is 2.37. The molecule has 5 nitrogen and oxygen atoms in total. The Hall–Kier alpha value is -0.920. The van der Waals surface area contributed by atoms with Gasteiger partial charge in [-0.3, -0.25) is 4.79 Å². The van der Waals surface area contributed by atoms with Crippen LogP contribution in [0.2, 0.25) is 0 Å². The number of nitrogens with zero attached hydrogens (tertiary/aromatic N) is 1. The third-order valence-electron chi connectivity index (χ3n) is 3.65. The second kappa shape index (κ2) is 6.46. The van der Waals surface area contributed by atoms with Gasteiger partial charge in [-0.15, -0.1) is 0 Å². The number of aryl methyl sites for hydroxylation is 1. The predicted molar refractivity (Wildman–Crippen MR) is 86.6 cm³/mol. The molecule has 0 aromatic heterocycles. The summed E-state index contributed by atoms with van der Waals surface area (Å²) in [5, 5.41) is 2.87. The van der Waals surface area contributed by atoms with Crippen LogP contribution in [-0.4, -0.2) is 38.0 Å². The van der Waals surface area contributed by atoms with Gasteiger partial charge >= 0.3 is 0 Å². The van der Waals surface area contributed by atoms with Crippen molar-refractivity contribution in [2.45, 2.75) is 19.8 Å². The fraction of sp³-hybridized carbons (Fsp3) is 0.500. The number of nitrogens with one attached hydrogen (secondary N) is 1. The van der Waals surface area contributed by atoms with E-state index in [2.05, 4.69) is 21.2 Å². The highest BCUT2D eigenvalue weighted by Gasteiger charge is 2.30. The fourth-order valence-electron chi connectivity index (χ4n) is 2.42. The lowest BCUT2D eigenvalue weighted by Crippen LogP contribution is -2.43. The van der Waals surface area contributed by atoms with Crippen LogP contribution in [0.3, 0.4) is 0 Å². The Morgan fingerprint density at radius 2 is 2.14 bits per heavy atom. The van der Waals surface area contributed by atoms with Gasteiger partial charge in [0.25, 0.3) is 0 Å². The number of benzene rings is 1. The Kier molecular flexibility index (Phi) is 5.06. The third kappa shape index (κ3) is 4.28. The highest BCUT2D eigenvalue weighted by molar-refractivity contribution is 9.10. The van der Waals surface area contributed by atoms with E-state index in [1.807, 2.05) is 25.1 Å². The highest BCUT2D eigenvalue weighted by Crippen LogP contribution is 2.23. The van der Waals surface area contributed by atoms with Crippen molar-refractivity contribution in [1.29, 1.82) is 0 Å². The van der Waals surface area contributed by atoms with Gasteiger partial charge in [-0.05, 0) is 43.5 Å². The lowest BCUT2D eigenvalue weighted by atomic mass is 9.98. The number of hydrogen-bond acceptors (Lipinski definition) is 3. The number of carbonyl (C=O) groups is 1. The SMILES string of the molecule is Cc1cc(NC(=O)C2CCCN(S(C)(=O)=O)C2)ccc1Br. The molecule has 0 saturated carbocycles. The van der Waals surface area contributed by atoms with Crippen molar-refractivity contribution in [3.63, 3.8) is 0 Å². The summed E-state index contributed by atoms with van der Waals surface area (Å²) in [6.07, 6.45) is 2.61. The summed E-state index contributed by atoms with van der Waals surface area (Å²) in [5.74, 6) is -0.414. The molecular weight excluding hydrogens is 356 g/mol. The van der Waals surface area contributed by atoms with Crippen molar-refractivity contribution < 1.29 is 13.2 Å². The molecule has 0 aliphatic carbocycles. The molecule has 1 saturated heterocycles. The first kappa shape index (κ1) is 16.5. The molecule has 1 unspecified atom stereocenters. The molecule has 1 aliphatic heterocycles. The largest absolute Gasteiger partial charge is 0.326 e. The van der Waals surface area contributed by atoms with Gasteiger partial charge in [-0.2, -0.15) is 0 Å². The summed E-state index contributed by atoms with van der Waals surface area (Å²) in [7, 11) is -3.23. The van der Waals surface area contributed by atoms with E-state index in [1.165, 1.54) is 10.6 Å². The van der Waals surface area contributed by atoms with Crippen molar-refractivity contribution >= 4 is 37.5 Å². The van der Waals surface area contributed by atoms with Crippen LogP contribution in [-0.2, 0) is 14.8 Å². The maximum Gasteiger partial charge on any atom is 0.228 e. The molecule has 1 aromatic carbocycles. The Balaban J connectivity index is 2.04. The van der Waals surface area contributed by atoms with Gasteiger partial charge in [0.1, 0.15) is 0 Å². The third-order valence-corrected chi connectivity index (χ3v) is 5.81. The van der Waals surface area contributed by atoms with Gasteiger partial charge in [-0.1, -0.05) is 15.9 Å². The van der Waals surface area contributed by atoms with E-state index in [4.69, 9.17) is 0 Å². The minimum absolute atomic E-state index is 0.120. The molecule has 7 heteroatoms. The van der Waals surface area contributed by atoms with Gasteiger partial charge in [0, 0.05) is 23.2 Å². The average Bonchev–Trinajstić information content (AvgIpc) is 2.42. The normalized spacial score (nSPS) is 20.2. The quantitative estimate of drug-likeness (QED) is 0.882. The molecule has 116 valence electrons. The summed E-state index contributed by atoms with van der Waals surface area (Å²) in [4.78, 5) is 12.3. The number of carbonyl (C=O) groups excluding carboxylic acids is 1. The van der Waals surface area contributed by atoms with Crippen LogP contribution >= 0.6 is 15.9 Å². The molecule has 1 heterocycles. The molecule has 21 heavy (non-hydrogen) atoms. The topological polar surface area (TPSA) is 66.5 Å². The monoisotopic (exact) mass is 374 g/mol. The van der Waals surface area contributed by atoms with Crippen molar-refractivity contribution in [3.8, 4) is 0 Å². The number of piperidine rings is 1. The van der Waals surface area contributed by atoms with E-state index in [-0.39, 0.29) is 18.4 Å². The van der Waals surface area contributed by atoms with Crippen LogP contribution in [0.15, 0.2) is 22.7 Å². The summed E-state index contributed by atoms with van der Waals surface area (Å²) < 4.78 is 25.5. The van der Waals surface area contributed by atoms with Crippen LogP contribution in [0, 0.1) is 12.8 Å². The first-order valence-corrected chi connectivity index (χ1v) is 9.43. The first-order valence-electron chi connectivity index (χ1n) is 6.79. The Morgan fingerprint density at radius 3 is 2.76 bits per heavy atom. The van der Waals surface area contributed by atoms with E-state index < -0.39 is 10.0 Å².